The summed E-state index contributed by atoms with van der Waals surface area (Å²) in [4.78, 5) is 0. The molecule has 428 valence electrons. The second-order valence-corrected chi connectivity index (χ2v) is 44.1. The largest absolute Gasteiger partial charge is 0.616 e. The van der Waals surface area contributed by atoms with E-state index in [1.54, 1.807) is 206 Å². The zero-order valence-corrected chi connectivity index (χ0v) is 53.5. The summed E-state index contributed by atoms with van der Waals surface area (Å²) in [7, 11) is -44.5. The van der Waals surface area contributed by atoms with Gasteiger partial charge in [-0.25, -0.2) is 0 Å². The quantitative estimate of drug-likeness (QED) is 0.129. The fourth-order valence-corrected chi connectivity index (χ4v) is 57.9. The number of nitrogens with zero attached hydrogens (tertiary/aromatic N) is 2. The molecule has 13 aromatic rings. The highest BCUT2D eigenvalue weighted by molar-refractivity contribution is 7.13. The van der Waals surface area contributed by atoms with Crippen molar-refractivity contribution in [2.24, 2.45) is 0 Å². The zero-order chi connectivity index (χ0) is 71.3. The maximum Gasteiger partial charge on any atom is 0.616 e. The number of aromatic nitrogens is 2. The molecule has 14 nitrogen and oxygen atoms in total. The van der Waals surface area contributed by atoms with Crippen molar-refractivity contribution in [3.8, 4) is 5.69 Å². The highest BCUT2D eigenvalue weighted by Crippen LogP contribution is 2.50. The lowest BCUT2D eigenvalue weighted by Crippen LogP contribution is -2.96. The lowest BCUT2D eigenvalue weighted by molar-refractivity contribution is -0.00860. The van der Waals surface area contributed by atoms with Gasteiger partial charge < -0.3 is 58.2 Å². The van der Waals surface area contributed by atoms with Crippen LogP contribution in [-0.2, 0) is 49.4 Å². The van der Waals surface area contributed by atoms with Gasteiger partial charge in [-0.2, -0.15) is 0 Å². The molecule has 6 aliphatic heterocycles. The second-order valence-electron chi connectivity index (χ2n) is 21.0. The Labute approximate surface area is 535 Å². The lowest BCUT2D eigenvalue weighted by Gasteiger charge is -2.62. The van der Waals surface area contributed by atoms with Crippen LogP contribution in [0, 0.1) is 0 Å². The van der Waals surface area contributed by atoms with Crippen molar-refractivity contribution < 1.29 is 69.9 Å². The van der Waals surface area contributed by atoms with Crippen molar-refractivity contribution in [3.05, 3.63) is 303 Å². The molecule has 2 aromatic heterocycles. The summed E-state index contributed by atoms with van der Waals surface area (Å²) in [5.41, 5.74) is -2.87. The molecular weight excluding hydrogens is 1240 g/mol. The molecule has 0 spiro atoms. The van der Waals surface area contributed by atoms with Gasteiger partial charge in [0, 0.05) is 74.6 Å². The number of para-hydroxylation sites is 3. The van der Waals surface area contributed by atoms with Gasteiger partial charge in [-0.3, -0.25) is 0 Å². The van der Waals surface area contributed by atoms with Gasteiger partial charge in [-0.1, -0.05) is 267 Å². The van der Waals surface area contributed by atoms with Gasteiger partial charge in [0.1, 0.15) is 0 Å². The van der Waals surface area contributed by atoms with E-state index >= 15 is 0 Å². The number of hydrogen-bond donors (Lipinski definition) is 0. The Balaban J connectivity index is 1.08. The third-order valence-electron chi connectivity index (χ3n) is 15.8. The summed E-state index contributed by atoms with van der Waals surface area (Å²) in [6.07, 6.45) is 0. The molecule has 6 saturated heterocycles. The summed E-state index contributed by atoms with van der Waals surface area (Å²) in [5, 5.41) is -0.205. The van der Waals surface area contributed by atoms with Gasteiger partial charge in [0.15, 0.2) is 0 Å². The van der Waals surface area contributed by atoms with Crippen LogP contribution in [-0.4, -0.2) is 79.4 Å². The first-order chi connectivity index (χ1) is 49.5. The summed E-state index contributed by atoms with van der Waals surface area (Å²) in [5.74, 6) is 0. The molecule has 11 aromatic carbocycles. The summed E-state index contributed by atoms with van der Waals surface area (Å²) < 4.78 is 247. The molecule has 0 aliphatic carbocycles. The topological polar surface area (TPSA) is 121 Å². The van der Waals surface area contributed by atoms with Crippen LogP contribution in [0.3, 0.4) is 0 Å². The van der Waals surface area contributed by atoms with Crippen molar-refractivity contribution in [1.82, 2.24) is 8.80 Å². The minimum Gasteiger partial charge on any atom is -0.366 e. The van der Waals surface area contributed by atoms with Gasteiger partial charge in [-0.15, -0.1) is 0 Å². The summed E-state index contributed by atoms with van der Waals surface area (Å²) in [6, 6.07) is 48.6. The Morgan fingerprint density at radius 2 is 0.477 bits per heavy atom. The second kappa shape index (κ2) is 19.9. The Kier molecular flexibility index (Phi) is 9.05. The molecule has 88 heavy (non-hydrogen) atoms. The molecule has 0 N–H and O–H groups in total. The Morgan fingerprint density at radius 3 is 0.773 bits per heavy atom. The maximum absolute atomic E-state index is 10.9. The van der Waals surface area contributed by atoms with Crippen molar-refractivity contribution in [3.63, 3.8) is 0 Å². The SMILES string of the molecule is [2H]c1c([2H])c([2H])c2c(c1[2H])c1c([2H])c([2H])c([2H])c([2H])c1n2-c1c([2H])c([2H])c2c(c1[2H])c1c([2H])c([2H])c([2H])c([2H])c1n2[Si]12O[Si]3(c4ccccc4)O[Si]4(c5ccccc5)O[Si]5(c6ccccc6)O[Si](c6ccccc6)(O3)O[Si](c3ccccc3)(O[Si](c3ccccc3)(O5)O[Si](c3ccccc3)(O4)O1)O2. The van der Waals surface area contributed by atoms with E-state index in [-0.39, 0.29) is 31.1 Å². The Hall–Kier alpha value is -7.72. The van der Waals surface area contributed by atoms with Gasteiger partial charge >= 0.3 is 70.6 Å². The molecular formula is C66H50N2O12Si8. The van der Waals surface area contributed by atoms with Crippen molar-refractivity contribution in [1.29, 1.82) is 0 Å². The van der Waals surface area contributed by atoms with E-state index in [0.29, 0.717) is 5.19 Å². The van der Waals surface area contributed by atoms with Gasteiger partial charge in [-0.05, 0) is 36.3 Å². The van der Waals surface area contributed by atoms with Crippen LogP contribution in [0.25, 0.3) is 49.3 Å². The summed E-state index contributed by atoms with van der Waals surface area (Å²) >= 11 is 0. The van der Waals surface area contributed by atoms with Crippen LogP contribution in [0.15, 0.2) is 303 Å². The van der Waals surface area contributed by atoms with Gasteiger partial charge in [0.2, 0.25) is 0 Å². The van der Waals surface area contributed by atoms with E-state index in [1.165, 1.54) is 0 Å². The first-order valence-electron chi connectivity index (χ1n) is 35.4. The van der Waals surface area contributed by atoms with E-state index in [0.717, 1.165) is 8.80 Å². The molecule has 22 heteroatoms. The molecule has 0 saturated carbocycles. The predicted molar refractivity (Wildman–Crippen MR) is 351 cm³/mol. The van der Waals surface area contributed by atoms with E-state index < -0.39 is 211 Å². The number of benzene rings is 11. The van der Waals surface area contributed by atoms with E-state index in [2.05, 4.69) is 0 Å². The normalized spacial score (nSPS) is 31.3. The molecule has 0 radical (unpaired) electrons. The smallest absolute Gasteiger partial charge is 0.366 e. The van der Waals surface area contributed by atoms with Crippen molar-refractivity contribution in [2.45, 2.75) is 0 Å². The average Bonchev–Trinajstić information content (AvgIpc) is 1.66. The standard InChI is InChI=1S/C66H50N2O12Si8/c1-8-28-52(29-9-1)81-69-82(53-30-10-2-11-31-53)72-85(56-36-16-5-17-37-56)74-83(70-81,54-32-12-3-13-33-54)76-87(58-40-20-7-21-41-58)77-84(71-81,55-34-14-4-15-35-55)75-86(73-82,57-38-18-6-19-39-57)79-88(78-85,80-87)68-65-47-27-24-44-61(65)62-50-51(48-49-66(62)68)67-63-45-25-22-42-59(63)60-43-23-26-46-64(60)67/h1-50H/i22D,23D,24D,25D,26D,27D,42D,43D,44D,45D,46D,47D,48D,49D,50D. The van der Waals surface area contributed by atoms with Crippen LogP contribution < -0.4 is 36.3 Å². The van der Waals surface area contributed by atoms with Crippen LogP contribution in [0.4, 0.5) is 0 Å². The van der Waals surface area contributed by atoms with E-state index in [1.807, 2.05) is 6.07 Å². The summed E-state index contributed by atoms with van der Waals surface area (Å²) in [6.45, 7) is 0. The Bertz CT molecular complexity index is 5390. The molecule has 8 heterocycles. The third-order valence-corrected chi connectivity index (χ3v) is 49.7. The predicted octanol–water partition coefficient (Wildman–Crippen LogP) is 8.37. The molecule has 0 atom stereocenters. The molecule has 0 amide bonds. The van der Waals surface area contributed by atoms with Crippen molar-refractivity contribution in [2.75, 3.05) is 0 Å². The highest BCUT2D eigenvalue weighted by atomic mass is 28.6. The Morgan fingerprint density at radius 1 is 0.239 bits per heavy atom. The monoisotopic (exact) mass is 1300 g/mol. The lowest BCUT2D eigenvalue weighted by atomic mass is 10.1. The number of hydrogen-bond acceptors (Lipinski definition) is 12. The maximum atomic E-state index is 10.9. The minimum absolute atomic E-state index is 0.152. The third kappa shape index (κ3) is 7.96. The minimum atomic E-state index is -6.34. The van der Waals surface area contributed by atoms with Crippen molar-refractivity contribution >= 4 is 151 Å². The van der Waals surface area contributed by atoms with Crippen LogP contribution in [0.2, 0.25) is 0 Å². The van der Waals surface area contributed by atoms with Crippen LogP contribution in [0.1, 0.15) is 20.6 Å². The molecule has 0 unspecified atom stereocenters. The van der Waals surface area contributed by atoms with Gasteiger partial charge in [0.25, 0.3) is 0 Å². The average molecular weight is 1300 g/mol. The van der Waals surface area contributed by atoms with Gasteiger partial charge in [0.05, 0.1) is 31.6 Å². The zero-order valence-electron chi connectivity index (χ0n) is 60.5. The first-order valence-corrected chi connectivity index (χ1v) is 41.6. The number of fused-ring (bicyclic) bond motifs is 6. The van der Waals surface area contributed by atoms with E-state index in [9.17, 15) is 15.1 Å². The molecule has 6 fully saturated rings. The molecule has 19 rings (SSSR count). The fraction of sp³-hybridized carbons (Fsp3) is 0. The van der Waals surface area contributed by atoms with Crippen LogP contribution in [0.5, 0.6) is 0 Å². The first kappa shape index (κ1) is 40.0. The molecule has 8 bridgehead atoms. The number of rotatable bonds is 9. The van der Waals surface area contributed by atoms with Crippen LogP contribution >= 0.6 is 0 Å². The highest BCUT2D eigenvalue weighted by Gasteiger charge is 2.87. The van der Waals surface area contributed by atoms with E-state index in [4.69, 9.17) is 54.9 Å². The molecule has 6 aliphatic rings. The fourth-order valence-electron chi connectivity index (χ4n) is 12.0.